The summed E-state index contributed by atoms with van der Waals surface area (Å²) in [6.45, 7) is 3.90. The van der Waals surface area contributed by atoms with Crippen molar-refractivity contribution in [3.05, 3.63) is 106 Å². The Morgan fingerprint density at radius 3 is 2.50 bits per heavy atom. The second-order valence-corrected chi connectivity index (χ2v) is 11.0. The number of fused-ring (bicyclic) bond motifs is 1. The van der Waals surface area contributed by atoms with Gasteiger partial charge in [0.25, 0.3) is 5.56 Å². The zero-order chi connectivity index (χ0) is 33.2. The molecule has 0 saturated carbocycles. The van der Waals surface area contributed by atoms with Crippen molar-refractivity contribution in [1.82, 2.24) is 19.4 Å². The highest BCUT2D eigenvalue weighted by Gasteiger charge is 2.23. The van der Waals surface area contributed by atoms with Gasteiger partial charge in [-0.3, -0.25) is 14.4 Å². The normalized spacial score (nSPS) is 11.9. The minimum absolute atomic E-state index is 0.0218. The third-order valence-corrected chi connectivity index (χ3v) is 6.97. The Hall–Kier alpha value is -5.72. The van der Waals surface area contributed by atoms with E-state index in [2.05, 4.69) is 29.5 Å². The van der Waals surface area contributed by atoms with Crippen LogP contribution in [0.1, 0.15) is 43.6 Å². The van der Waals surface area contributed by atoms with E-state index in [9.17, 15) is 29.1 Å². The van der Waals surface area contributed by atoms with Gasteiger partial charge in [-0.1, -0.05) is 62.4 Å². The van der Waals surface area contributed by atoms with Crippen LogP contribution in [0.15, 0.2) is 83.8 Å². The van der Waals surface area contributed by atoms with E-state index in [-0.39, 0.29) is 37.5 Å². The summed E-state index contributed by atoms with van der Waals surface area (Å²) in [5, 5.41) is 15.1. The number of carbonyl (C=O) groups is 4. The number of amides is 3. The van der Waals surface area contributed by atoms with Gasteiger partial charge in [0, 0.05) is 6.20 Å². The largest absolute Gasteiger partial charge is 0.464 e. The number of hydrogen-bond donors (Lipinski definition) is 4. The first-order chi connectivity index (χ1) is 22.0. The van der Waals surface area contributed by atoms with Gasteiger partial charge in [-0.05, 0) is 60.6 Å². The molecule has 13 nitrogen and oxygen atoms in total. The molecule has 0 saturated heterocycles. The Morgan fingerprint density at radius 2 is 1.80 bits per heavy atom. The van der Waals surface area contributed by atoms with Crippen LogP contribution in [0.2, 0.25) is 0 Å². The molecule has 0 aliphatic rings. The van der Waals surface area contributed by atoms with Crippen LogP contribution in [0.3, 0.4) is 0 Å². The van der Waals surface area contributed by atoms with E-state index in [4.69, 9.17) is 10.5 Å². The molecule has 3 amide bonds. The number of ether oxygens (including phenoxy) is 1. The highest BCUT2D eigenvalue weighted by molar-refractivity contribution is 5.96. The monoisotopic (exact) mass is 628 g/mol. The average Bonchev–Trinajstić information content (AvgIpc) is 3.39. The number of allylic oxidation sites excluding steroid dienone is 1. The number of nitrogens with zero attached hydrogens (tertiary/aromatic N) is 3. The van der Waals surface area contributed by atoms with Crippen molar-refractivity contribution in [2.24, 2.45) is 11.7 Å². The highest BCUT2D eigenvalue weighted by atomic mass is 16.5. The third-order valence-electron chi connectivity index (χ3n) is 6.97. The van der Waals surface area contributed by atoms with Gasteiger partial charge < -0.3 is 30.8 Å². The van der Waals surface area contributed by atoms with Crippen molar-refractivity contribution < 1.29 is 29.0 Å². The van der Waals surface area contributed by atoms with E-state index in [0.717, 1.165) is 21.8 Å². The van der Waals surface area contributed by atoms with Crippen LogP contribution in [0, 0.1) is 5.92 Å². The van der Waals surface area contributed by atoms with Crippen LogP contribution in [-0.4, -0.2) is 49.3 Å². The summed E-state index contributed by atoms with van der Waals surface area (Å²) in [4.78, 5) is 67.3. The Labute approximate surface area is 264 Å². The number of nitrogens with one attached hydrogen (secondary N) is 2. The van der Waals surface area contributed by atoms with Gasteiger partial charge in [-0.2, -0.15) is 0 Å². The molecule has 0 aliphatic carbocycles. The summed E-state index contributed by atoms with van der Waals surface area (Å²) < 4.78 is 7.55. The molecule has 0 aliphatic heterocycles. The molecule has 13 heteroatoms. The van der Waals surface area contributed by atoms with Gasteiger partial charge in [0.05, 0.1) is 17.6 Å². The first-order valence-corrected chi connectivity index (χ1v) is 14.7. The number of para-hydroxylation sites is 1. The zero-order valence-electron chi connectivity index (χ0n) is 25.5. The molecule has 4 rings (SSSR count). The standard InChI is InChI=1S/C33H36N6O7/c1-21(2)18-23-12-8-15-26-29(23)37-28(39(26)33(44)45)19-38-17-9-14-25(31(38)42)35-30(41)24(13-6-7-16-27(34)40)36-32(43)46-20-22-10-4-3-5-11-22/h3-5,7-12,14-17,21,24H,6,13,18-20H2,1-2H3,(H2,34,40)(H,35,41)(H,36,43)(H,44,45)/b16-7+. The van der Waals surface area contributed by atoms with Crippen molar-refractivity contribution in [3.8, 4) is 0 Å². The smallest absolute Gasteiger partial charge is 0.417 e. The summed E-state index contributed by atoms with van der Waals surface area (Å²) in [6, 6.07) is 16.1. The summed E-state index contributed by atoms with van der Waals surface area (Å²) >= 11 is 0. The maximum absolute atomic E-state index is 13.4. The van der Waals surface area contributed by atoms with Crippen LogP contribution in [0.4, 0.5) is 15.3 Å². The molecule has 0 radical (unpaired) electrons. The molecule has 4 aromatic rings. The lowest BCUT2D eigenvalue weighted by Crippen LogP contribution is -2.44. The molecule has 0 spiro atoms. The van der Waals surface area contributed by atoms with Crippen molar-refractivity contribution in [2.75, 3.05) is 5.32 Å². The first kappa shape index (κ1) is 33.2. The van der Waals surface area contributed by atoms with Gasteiger partial charge in [0.15, 0.2) is 0 Å². The van der Waals surface area contributed by atoms with Gasteiger partial charge in [0.1, 0.15) is 24.2 Å². The number of imidazole rings is 1. The molecule has 0 bridgehead atoms. The summed E-state index contributed by atoms with van der Waals surface area (Å²) in [5.41, 5.74) is 7.04. The van der Waals surface area contributed by atoms with Crippen molar-refractivity contribution in [3.63, 3.8) is 0 Å². The second kappa shape index (κ2) is 15.3. The number of carboxylic acid groups (broad SMARTS) is 1. The first-order valence-electron chi connectivity index (χ1n) is 14.7. The Kier molecular flexibility index (Phi) is 11.1. The number of aromatic nitrogens is 3. The van der Waals surface area contributed by atoms with Crippen LogP contribution in [-0.2, 0) is 33.9 Å². The molecule has 2 aromatic carbocycles. The summed E-state index contributed by atoms with van der Waals surface area (Å²) in [7, 11) is 0. The van der Waals surface area contributed by atoms with Gasteiger partial charge in [0.2, 0.25) is 11.8 Å². The average molecular weight is 629 g/mol. The lowest BCUT2D eigenvalue weighted by atomic mass is 10.0. The van der Waals surface area contributed by atoms with E-state index in [1.165, 1.54) is 29.0 Å². The Morgan fingerprint density at radius 1 is 1.04 bits per heavy atom. The topological polar surface area (TPSA) is 188 Å². The van der Waals surface area contributed by atoms with Crippen molar-refractivity contribution in [2.45, 2.75) is 52.3 Å². The number of hydrogen-bond acceptors (Lipinski definition) is 7. The molecule has 46 heavy (non-hydrogen) atoms. The number of nitrogens with two attached hydrogens (primary N) is 1. The van der Waals surface area contributed by atoms with Crippen LogP contribution in [0.25, 0.3) is 11.0 Å². The number of anilines is 1. The van der Waals surface area contributed by atoms with Crippen LogP contribution < -0.4 is 21.9 Å². The van der Waals surface area contributed by atoms with E-state index >= 15 is 0 Å². The van der Waals surface area contributed by atoms with E-state index in [1.54, 1.807) is 36.4 Å². The summed E-state index contributed by atoms with van der Waals surface area (Å²) in [5.74, 6) is -0.912. The fourth-order valence-corrected chi connectivity index (χ4v) is 4.90. The molecule has 1 unspecified atom stereocenters. The Balaban J connectivity index is 1.54. The third kappa shape index (κ3) is 8.68. The Bertz CT molecular complexity index is 1810. The maximum Gasteiger partial charge on any atom is 0.417 e. The number of pyridine rings is 1. The zero-order valence-corrected chi connectivity index (χ0v) is 25.5. The molecule has 5 N–H and O–H groups in total. The number of benzene rings is 2. The predicted octanol–water partition coefficient (Wildman–Crippen LogP) is 4.03. The molecule has 240 valence electrons. The van der Waals surface area contributed by atoms with Crippen molar-refractivity contribution in [1.29, 1.82) is 0 Å². The lowest BCUT2D eigenvalue weighted by molar-refractivity contribution is -0.118. The molecule has 0 fully saturated rings. The quantitative estimate of drug-likeness (QED) is 0.160. The fraction of sp³-hybridized carbons (Fsp3) is 0.273. The molecule has 2 aromatic heterocycles. The minimum Gasteiger partial charge on any atom is -0.464 e. The number of alkyl carbamates (subject to hydrolysis) is 1. The number of carbonyl (C=O) groups excluding carboxylic acids is 3. The van der Waals surface area contributed by atoms with Crippen LogP contribution >= 0.6 is 0 Å². The van der Waals surface area contributed by atoms with Gasteiger partial charge in [-0.15, -0.1) is 0 Å². The predicted molar refractivity (Wildman–Crippen MR) is 171 cm³/mol. The summed E-state index contributed by atoms with van der Waals surface area (Å²) in [6.07, 6.45) is 2.96. The van der Waals surface area contributed by atoms with Gasteiger partial charge >= 0.3 is 12.2 Å². The second-order valence-electron chi connectivity index (χ2n) is 11.0. The minimum atomic E-state index is -1.24. The van der Waals surface area contributed by atoms with Gasteiger partial charge in [-0.25, -0.2) is 19.1 Å². The molecular formula is C33H36N6O7. The maximum atomic E-state index is 13.4. The molecular weight excluding hydrogens is 592 g/mol. The molecule has 2 heterocycles. The number of primary amides is 1. The SMILES string of the molecule is CC(C)Cc1cccc2c1nc(Cn1cccc(NC(=O)C(CC/C=C/C(N)=O)NC(=O)OCc3ccccc3)c1=O)n2C(=O)O. The number of rotatable bonds is 13. The van der Waals surface area contributed by atoms with E-state index in [0.29, 0.717) is 23.4 Å². The van der Waals surface area contributed by atoms with E-state index < -0.39 is 35.6 Å². The van der Waals surface area contributed by atoms with Crippen LogP contribution in [0.5, 0.6) is 0 Å². The van der Waals surface area contributed by atoms with Crippen molar-refractivity contribution >= 4 is 40.7 Å². The fourth-order valence-electron chi connectivity index (χ4n) is 4.90. The molecule has 1 atom stereocenters. The van der Waals surface area contributed by atoms with E-state index in [1.807, 2.05) is 12.1 Å². The highest BCUT2D eigenvalue weighted by Crippen LogP contribution is 2.23. The lowest BCUT2D eigenvalue weighted by Gasteiger charge is -2.18.